The molecule has 1 unspecified atom stereocenters. The van der Waals surface area contributed by atoms with Crippen molar-refractivity contribution in [1.82, 2.24) is 20.3 Å². The molecule has 0 aliphatic rings. The highest BCUT2D eigenvalue weighted by Gasteiger charge is 2.13. The Morgan fingerprint density at radius 2 is 1.97 bits per heavy atom. The lowest BCUT2D eigenvalue weighted by Gasteiger charge is -2.19. The second-order valence-electron chi connectivity index (χ2n) is 7.08. The van der Waals surface area contributed by atoms with Crippen molar-refractivity contribution < 1.29 is 4.79 Å². The highest BCUT2D eigenvalue weighted by atomic mass is 16.2. The molecule has 2 amide bonds. The lowest BCUT2D eigenvalue weighted by molar-refractivity contribution is 0.252. The van der Waals surface area contributed by atoms with E-state index in [2.05, 4.69) is 38.9 Å². The fraction of sp³-hybridized carbons (Fsp3) is 0.304. The minimum Gasteiger partial charge on any atom is -0.362 e. The van der Waals surface area contributed by atoms with E-state index in [-0.39, 0.29) is 12.1 Å². The number of anilines is 2. The number of hydrogen-bond acceptors (Lipinski definition) is 5. The Kier molecular flexibility index (Phi) is 7.32. The lowest BCUT2D eigenvalue weighted by atomic mass is 10.0. The molecule has 0 fully saturated rings. The number of aryl methyl sites for hydroxylation is 1. The average Bonchev–Trinajstić information content (AvgIpc) is 2.76. The second-order valence-corrected chi connectivity index (χ2v) is 7.08. The number of nitrogens with one attached hydrogen (secondary N) is 3. The molecule has 0 saturated carbocycles. The summed E-state index contributed by atoms with van der Waals surface area (Å²) in [7, 11) is 0. The number of rotatable bonds is 8. The second kappa shape index (κ2) is 10.3. The summed E-state index contributed by atoms with van der Waals surface area (Å²) in [6, 6.07) is 9.75. The maximum Gasteiger partial charge on any atom is 0.319 e. The molecular weight excluding hydrogens is 376 g/mol. The molecule has 7 nitrogen and oxygen atoms in total. The van der Waals surface area contributed by atoms with Crippen LogP contribution in [0.1, 0.15) is 43.9 Å². The van der Waals surface area contributed by atoms with Crippen molar-refractivity contribution in [1.29, 1.82) is 0 Å². The van der Waals surface area contributed by atoms with Crippen LogP contribution in [0.25, 0.3) is 11.3 Å². The van der Waals surface area contributed by atoms with Crippen molar-refractivity contribution in [3.05, 3.63) is 66.2 Å². The Morgan fingerprint density at radius 3 is 2.67 bits per heavy atom. The van der Waals surface area contributed by atoms with E-state index in [0.29, 0.717) is 6.54 Å². The molecule has 0 aliphatic heterocycles. The van der Waals surface area contributed by atoms with Gasteiger partial charge in [0.05, 0.1) is 24.1 Å². The minimum absolute atomic E-state index is 0.124. The highest BCUT2D eigenvalue weighted by Crippen LogP contribution is 2.26. The molecule has 1 aromatic carbocycles. The first-order valence-electron chi connectivity index (χ1n) is 10.2. The van der Waals surface area contributed by atoms with E-state index in [9.17, 15) is 4.79 Å². The van der Waals surface area contributed by atoms with Crippen LogP contribution >= 0.6 is 0 Å². The van der Waals surface area contributed by atoms with Crippen molar-refractivity contribution in [2.24, 2.45) is 0 Å². The van der Waals surface area contributed by atoms with Gasteiger partial charge in [-0.2, -0.15) is 0 Å². The first-order chi connectivity index (χ1) is 14.6. The van der Waals surface area contributed by atoms with Gasteiger partial charge in [0, 0.05) is 30.2 Å². The van der Waals surface area contributed by atoms with Crippen molar-refractivity contribution in [3.8, 4) is 11.3 Å². The average molecular weight is 405 g/mol. The van der Waals surface area contributed by atoms with E-state index in [1.807, 2.05) is 44.3 Å². The topological polar surface area (TPSA) is 91.8 Å². The van der Waals surface area contributed by atoms with Gasteiger partial charge in [-0.3, -0.25) is 9.97 Å². The Balaban J connectivity index is 1.79. The number of hydrogen-bond donors (Lipinski definition) is 3. The summed E-state index contributed by atoms with van der Waals surface area (Å²) in [6.07, 6.45) is 9.15. The molecule has 30 heavy (non-hydrogen) atoms. The zero-order chi connectivity index (χ0) is 21.3. The number of carbonyl (C=O) groups is 1. The molecule has 0 aliphatic carbocycles. The maximum absolute atomic E-state index is 11.8. The number of carbonyl (C=O) groups excluding carboxylic acids is 1. The Labute approximate surface area is 177 Å². The van der Waals surface area contributed by atoms with E-state index in [1.165, 1.54) is 0 Å². The summed E-state index contributed by atoms with van der Waals surface area (Å²) in [5.74, 6) is 0.719. The van der Waals surface area contributed by atoms with E-state index < -0.39 is 0 Å². The van der Waals surface area contributed by atoms with Gasteiger partial charge in [-0.15, -0.1) is 0 Å². The Bertz CT molecular complexity index is 976. The van der Waals surface area contributed by atoms with Gasteiger partial charge in [-0.1, -0.05) is 25.5 Å². The van der Waals surface area contributed by atoms with E-state index in [1.54, 1.807) is 18.6 Å². The molecule has 3 rings (SSSR count). The predicted octanol–water partition coefficient (Wildman–Crippen LogP) is 4.94. The minimum atomic E-state index is -0.211. The molecule has 0 spiro atoms. The van der Waals surface area contributed by atoms with Crippen LogP contribution in [0.5, 0.6) is 0 Å². The van der Waals surface area contributed by atoms with Gasteiger partial charge in [0.1, 0.15) is 5.82 Å². The smallest absolute Gasteiger partial charge is 0.319 e. The van der Waals surface area contributed by atoms with Crippen LogP contribution in [0.4, 0.5) is 16.3 Å². The van der Waals surface area contributed by atoms with Crippen LogP contribution in [0, 0.1) is 6.92 Å². The SMILES string of the molecule is CCCC(Nc1cncc(-c2ccc(NC(=O)NCC)c(C)c2)n1)c1cccnc1. The van der Waals surface area contributed by atoms with Gasteiger partial charge in [0.2, 0.25) is 0 Å². The van der Waals surface area contributed by atoms with Crippen LogP contribution in [0.15, 0.2) is 55.1 Å². The van der Waals surface area contributed by atoms with Gasteiger partial charge in [0.15, 0.2) is 0 Å². The molecule has 2 aromatic heterocycles. The maximum atomic E-state index is 11.8. The summed E-state index contributed by atoms with van der Waals surface area (Å²) in [5.41, 5.74) is 4.57. The first kappa shape index (κ1) is 21.2. The quantitative estimate of drug-likeness (QED) is 0.494. The third-order valence-electron chi connectivity index (χ3n) is 4.73. The molecule has 0 bridgehead atoms. The third kappa shape index (κ3) is 5.53. The van der Waals surface area contributed by atoms with Gasteiger partial charge < -0.3 is 16.0 Å². The molecule has 3 N–H and O–H groups in total. The molecule has 1 atom stereocenters. The molecule has 2 heterocycles. The number of urea groups is 1. The first-order valence-corrected chi connectivity index (χ1v) is 10.2. The zero-order valence-corrected chi connectivity index (χ0v) is 17.6. The Morgan fingerprint density at radius 1 is 1.10 bits per heavy atom. The van der Waals surface area contributed by atoms with Gasteiger partial charge in [-0.05, 0) is 49.6 Å². The fourth-order valence-electron chi connectivity index (χ4n) is 3.24. The normalized spacial score (nSPS) is 11.6. The van der Waals surface area contributed by atoms with Crippen LogP contribution in [0.2, 0.25) is 0 Å². The van der Waals surface area contributed by atoms with Gasteiger partial charge >= 0.3 is 6.03 Å². The predicted molar refractivity (Wildman–Crippen MR) is 120 cm³/mol. The van der Waals surface area contributed by atoms with Crippen molar-refractivity contribution in [2.45, 2.75) is 39.7 Å². The molecule has 156 valence electrons. The lowest BCUT2D eigenvalue weighted by Crippen LogP contribution is -2.28. The van der Waals surface area contributed by atoms with Crippen LogP contribution < -0.4 is 16.0 Å². The van der Waals surface area contributed by atoms with Crippen LogP contribution in [0.3, 0.4) is 0 Å². The van der Waals surface area contributed by atoms with Crippen LogP contribution in [-0.2, 0) is 0 Å². The third-order valence-corrected chi connectivity index (χ3v) is 4.73. The largest absolute Gasteiger partial charge is 0.362 e. The molecule has 0 radical (unpaired) electrons. The Hall–Kier alpha value is -3.48. The molecular formula is C23H28N6O. The number of benzene rings is 1. The number of pyridine rings is 1. The monoisotopic (exact) mass is 404 g/mol. The van der Waals surface area contributed by atoms with Crippen molar-refractivity contribution >= 4 is 17.5 Å². The standard InChI is InChI=1S/C23H28N6O/c1-4-7-20(18-8-6-11-24-13-18)27-22-15-25-14-21(28-22)17-9-10-19(16(3)12-17)29-23(30)26-5-2/h6,8-15,20H,4-5,7H2,1-3H3,(H,27,28)(H2,26,29,30). The fourth-order valence-corrected chi connectivity index (χ4v) is 3.24. The van der Waals surface area contributed by atoms with Crippen molar-refractivity contribution in [2.75, 3.05) is 17.2 Å². The van der Waals surface area contributed by atoms with E-state index in [4.69, 9.17) is 4.98 Å². The summed E-state index contributed by atoms with van der Waals surface area (Å²) in [6.45, 7) is 6.58. The molecule has 3 aromatic rings. The molecule has 0 saturated heterocycles. The summed E-state index contributed by atoms with van der Waals surface area (Å²) in [5, 5.41) is 9.08. The van der Waals surface area contributed by atoms with E-state index in [0.717, 1.165) is 46.7 Å². The number of nitrogens with zero attached hydrogens (tertiary/aromatic N) is 3. The van der Waals surface area contributed by atoms with E-state index >= 15 is 0 Å². The molecule has 7 heteroatoms. The number of amides is 2. The van der Waals surface area contributed by atoms with Gasteiger partial charge in [0.25, 0.3) is 0 Å². The summed E-state index contributed by atoms with van der Waals surface area (Å²) in [4.78, 5) is 25.1. The van der Waals surface area contributed by atoms with Gasteiger partial charge in [-0.25, -0.2) is 9.78 Å². The van der Waals surface area contributed by atoms with Crippen molar-refractivity contribution in [3.63, 3.8) is 0 Å². The number of aromatic nitrogens is 3. The zero-order valence-electron chi connectivity index (χ0n) is 17.6. The summed E-state index contributed by atoms with van der Waals surface area (Å²) < 4.78 is 0. The summed E-state index contributed by atoms with van der Waals surface area (Å²) >= 11 is 0. The van der Waals surface area contributed by atoms with Crippen LogP contribution in [-0.4, -0.2) is 27.5 Å². The highest BCUT2D eigenvalue weighted by molar-refractivity contribution is 5.90.